The number of para-hydroxylation sites is 2. The van der Waals surface area contributed by atoms with Crippen LogP contribution in [0.2, 0.25) is 0 Å². The lowest BCUT2D eigenvalue weighted by molar-refractivity contribution is -0.137. The molecule has 0 spiro atoms. The fourth-order valence-corrected chi connectivity index (χ4v) is 5.60. The first-order valence-corrected chi connectivity index (χ1v) is 13.0. The topological polar surface area (TPSA) is 127 Å². The van der Waals surface area contributed by atoms with Crippen molar-refractivity contribution in [2.24, 2.45) is 5.92 Å². The van der Waals surface area contributed by atoms with Crippen molar-refractivity contribution in [3.05, 3.63) is 59.7 Å². The molecule has 1 fully saturated rings. The monoisotopic (exact) mass is 539 g/mol. The van der Waals surface area contributed by atoms with Crippen LogP contribution in [-0.2, 0) is 9.59 Å². The van der Waals surface area contributed by atoms with Crippen LogP contribution in [0.5, 0.6) is 0 Å². The number of halogens is 1. The van der Waals surface area contributed by atoms with E-state index in [9.17, 15) is 19.5 Å². The maximum absolute atomic E-state index is 13.2. The number of carbonyl (C=O) groups excluding carboxylic acids is 2. The molecule has 10 heteroatoms. The molecule has 9 nitrogen and oxygen atoms in total. The minimum atomic E-state index is -0.887. The third-order valence-electron chi connectivity index (χ3n) is 7.58. The summed E-state index contributed by atoms with van der Waals surface area (Å²) < 4.78 is 0. The molecule has 0 saturated heterocycles. The van der Waals surface area contributed by atoms with E-state index in [1.165, 1.54) is 0 Å². The highest BCUT2D eigenvalue weighted by Gasteiger charge is 2.31. The largest absolute Gasteiger partial charge is 0.481 e. The molecular weight excluding hydrogens is 506 g/mol. The van der Waals surface area contributed by atoms with Gasteiger partial charge in [0.25, 0.3) is 5.91 Å². The van der Waals surface area contributed by atoms with E-state index in [0.29, 0.717) is 24.4 Å². The van der Waals surface area contributed by atoms with Crippen molar-refractivity contribution in [1.82, 2.24) is 20.2 Å². The van der Waals surface area contributed by atoms with Crippen molar-refractivity contribution < 1.29 is 19.5 Å². The number of hydrogen-bond acceptors (Lipinski definition) is 5. The number of fused-ring (bicyclic) bond motifs is 2. The zero-order valence-electron chi connectivity index (χ0n) is 21.2. The van der Waals surface area contributed by atoms with Gasteiger partial charge in [0.15, 0.2) is 0 Å². The first-order valence-electron chi connectivity index (χ1n) is 13.0. The Morgan fingerprint density at radius 1 is 1.03 bits per heavy atom. The Kier molecular flexibility index (Phi) is 8.89. The van der Waals surface area contributed by atoms with E-state index in [2.05, 4.69) is 20.6 Å². The number of aromatic amines is 1. The molecule has 1 atom stereocenters. The third-order valence-corrected chi connectivity index (χ3v) is 7.58. The van der Waals surface area contributed by atoms with Crippen LogP contribution < -0.4 is 10.6 Å². The smallest absolute Gasteiger partial charge is 0.303 e. The van der Waals surface area contributed by atoms with E-state index >= 15 is 0 Å². The molecule has 202 valence electrons. The number of amides is 2. The van der Waals surface area contributed by atoms with Crippen LogP contribution in [-0.4, -0.2) is 63.4 Å². The maximum atomic E-state index is 13.2. The van der Waals surface area contributed by atoms with Crippen LogP contribution in [0.1, 0.15) is 60.4 Å². The molecular formula is C28H34ClN5O4. The number of imidazole rings is 1. The number of carbonyl (C=O) groups is 3. The number of nitrogens with zero attached hydrogens (tertiary/aromatic N) is 2. The molecule has 2 aromatic carbocycles. The van der Waals surface area contributed by atoms with E-state index in [-0.39, 0.29) is 49.1 Å². The molecule has 38 heavy (non-hydrogen) atoms. The summed E-state index contributed by atoms with van der Waals surface area (Å²) in [5.41, 5.74) is 3.21. The first kappa shape index (κ1) is 27.4. The van der Waals surface area contributed by atoms with Gasteiger partial charge in [0.2, 0.25) is 11.9 Å². The van der Waals surface area contributed by atoms with E-state index in [0.717, 1.165) is 54.8 Å². The molecule has 3 aromatic rings. The van der Waals surface area contributed by atoms with Gasteiger partial charge >= 0.3 is 5.97 Å². The van der Waals surface area contributed by atoms with Crippen LogP contribution in [0.4, 0.5) is 5.95 Å². The Labute approximate surface area is 227 Å². The standard InChI is InChI=1S/C28H33N5O4.ClH/c34-25(17-33-14-13-19(15-26(35)36)21-5-1-2-6-22(21)27(33)37)30-20-11-9-18(10-12-20)16-29-28-31-23-7-3-4-8-24(23)32-28;/h1-8,18-20H,9-17H2,(H,30,34)(H,35,36)(H2,29,31,32);1H. The first-order chi connectivity index (χ1) is 18.0. The number of H-pyrrole nitrogens is 1. The van der Waals surface area contributed by atoms with Crippen molar-refractivity contribution in [3.63, 3.8) is 0 Å². The lowest BCUT2D eigenvalue weighted by Crippen LogP contribution is -2.45. The summed E-state index contributed by atoms with van der Waals surface area (Å²) in [5.74, 6) is -0.205. The molecule has 1 unspecified atom stereocenters. The molecule has 2 aliphatic rings. The van der Waals surface area contributed by atoms with Gasteiger partial charge in [-0.15, -0.1) is 12.4 Å². The van der Waals surface area contributed by atoms with Gasteiger partial charge in [0, 0.05) is 24.7 Å². The summed E-state index contributed by atoms with van der Waals surface area (Å²) in [7, 11) is 0. The second-order valence-corrected chi connectivity index (χ2v) is 10.2. The Morgan fingerprint density at radius 3 is 2.53 bits per heavy atom. The predicted octanol–water partition coefficient (Wildman–Crippen LogP) is 4.18. The number of aliphatic carboxylic acids is 1. The number of carboxylic acid groups (broad SMARTS) is 1. The van der Waals surface area contributed by atoms with Crippen LogP contribution in [0, 0.1) is 5.92 Å². The second kappa shape index (κ2) is 12.3. The third kappa shape index (κ3) is 6.45. The Balaban J connectivity index is 0.00000336. The highest BCUT2D eigenvalue weighted by atomic mass is 35.5. The fourth-order valence-electron chi connectivity index (χ4n) is 5.60. The van der Waals surface area contributed by atoms with E-state index in [1.807, 2.05) is 36.4 Å². The Hall–Kier alpha value is -3.59. The van der Waals surface area contributed by atoms with Crippen molar-refractivity contribution in [2.75, 3.05) is 25.0 Å². The van der Waals surface area contributed by atoms with Gasteiger partial charge in [-0.3, -0.25) is 14.4 Å². The number of hydrogen-bond donors (Lipinski definition) is 4. The van der Waals surface area contributed by atoms with Crippen molar-refractivity contribution in [1.29, 1.82) is 0 Å². The van der Waals surface area contributed by atoms with E-state index < -0.39 is 5.97 Å². The van der Waals surface area contributed by atoms with Crippen molar-refractivity contribution >= 4 is 47.2 Å². The van der Waals surface area contributed by atoms with E-state index in [1.54, 1.807) is 17.0 Å². The van der Waals surface area contributed by atoms with E-state index in [4.69, 9.17) is 0 Å². The summed E-state index contributed by atoms with van der Waals surface area (Å²) in [5, 5.41) is 15.8. The maximum Gasteiger partial charge on any atom is 0.303 e. The minimum absolute atomic E-state index is 0. The van der Waals surface area contributed by atoms with Crippen molar-refractivity contribution in [3.8, 4) is 0 Å². The average Bonchev–Trinajstić information content (AvgIpc) is 3.27. The highest BCUT2D eigenvalue weighted by molar-refractivity contribution is 5.98. The van der Waals surface area contributed by atoms with Gasteiger partial charge in [-0.2, -0.15) is 0 Å². The molecule has 0 radical (unpaired) electrons. The summed E-state index contributed by atoms with van der Waals surface area (Å²) in [4.78, 5) is 46.8. The number of carboxylic acids is 1. The molecule has 5 rings (SSSR count). The molecule has 4 N–H and O–H groups in total. The molecule has 1 saturated carbocycles. The molecule has 2 amide bonds. The van der Waals surface area contributed by atoms with Crippen molar-refractivity contribution in [2.45, 2.75) is 50.5 Å². The van der Waals surface area contributed by atoms with Crippen LogP contribution in [0.25, 0.3) is 11.0 Å². The van der Waals surface area contributed by atoms with Gasteiger partial charge in [0.05, 0.1) is 24.0 Å². The molecule has 2 heterocycles. The lowest BCUT2D eigenvalue weighted by atomic mass is 9.86. The zero-order chi connectivity index (χ0) is 25.8. The highest BCUT2D eigenvalue weighted by Crippen LogP contribution is 2.31. The quantitative estimate of drug-likeness (QED) is 0.340. The normalized spacial score (nSPS) is 21.2. The van der Waals surface area contributed by atoms with Gasteiger partial charge < -0.3 is 25.6 Å². The molecule has 1 aromatic heterocycles. The summed E-state index contributed by atoms with van der Waals surface area (Å²) in [6.07, 6.45) is 4.30. The van der Waals surface area contributed by atoms with Crippen LogP contribution in [0.15, 0.2) is 48.5 Å². The number of nitrogens with one attached hydrogen (secondary N) is 3. The number of aromatic nitrogens is 2. The van der Waals surface area contributed by atoms with Crippen LogP contribution >= 0.6 is 12.4 Å². The fraction of sp³-hybridized carbons (Fsp3) is 0.429. The lowest BCUT2D eigenvalue weighted by Gasteiger charge is -2.30. The summed E-state index contributed by atoms with van der Waals surface area (Å²) >= 11 is 0. The van der Waals surface area contributed by atoms with Gasteiger partial charge in [-0.05, 0) is 67.7 Å². The Bertz CT molecular complexity index is 1250. The number of rotatable bonds is 8. The molecule has 0 bridgehead atoms. The van der Waals surface area contributed by atoms with Crippen LogP contribution in [0.3, 0.4) is 0 Å². The van der Waals surface area contributed by atoms with Gasteiger partial charge in [-0.1, -0.05) is 30.3 Å². The minimum Gasteiger partial charge on any atom is -0.481 e. The average molecular weight is 540 g/mol. The SMILES string of the molecule is Cl.O=C(O)CC1CCN(CC(=O)NC2CCC(CNc3nc4ccccc4[nH]3)CC2)C(=O)c2ccccc21. The zero-order valence-corrected chi connectivity index (χ0v) is 22.0. The van der Waals surface area contributed by atoms with Gasteiger partial charge in [0.1, 0.15) is 0 Å². The van der Waals surface area contributed by atoms with Gasteiger partial charge in [-0.25, -0.2) is 4.98 Å². The number of benzene rings is 2. The second-order valence-electron chi connectivity index (χ2n) is 10.2. The summed E-state index contributed by atoms with van der Waals surface area (Å²) in [6, 6.07) is 15.2. The Morgan fingerprint density at radius 2 is 1.76 bits per heavy atom. The molecule has 1 aliphatic carbocycles. The summed E-state index contributed by atoms with van der Waals surface area (Å²) in [6.45, 7) is 1.18. The predicted molar refractivity (Wildman–Crippen MR) is 148 cm³/mol. The molecule has 1 aliphatic heterocycles. The number of anilines is 1.